The van der Waals surface area contributed by atoms with E-state index in [1.807, 2.05) is 0 Å². The zero-order chi connectivity index (χ0) is 31.1. The van der Waals surface area contributed by atoms with Crippen molar-refractivity contribution >= 4 is 23.9 Å². The summed E-state index contributed by atoms with van der Waals surface area (Å²) >= 11 is 0. The monoisotopic (exact) mass is 588 g/mol. The molecule has 0 saturated carbocycles. The molecule has 4 N–H and O–H groups in total. The van der Waals surface area contributed by atoms with Crippen molar-refractivity contribution in [3.8, 4) is 23.0 Å². The lowest BCUT2D eigenvalue weighted by Gasteiger charge is -2.15. The minimum absolute atomic E-state index is 0.179. The van der Waals surface area contributed by atoms with Crippen LogP contribution in [0.3, 0.4) is 0 Å². The Hall–Kier alpha value is -3.84. The van der Waals surface area contributed by atoms with E-state index < -0.39 is 36.1 Å². The molecule has 0 bridgehead atoms. The quantitative estimate of drug-likeness (QED) is 0.121. The summed E-state index contributed by atoms with van der Waals surface area (Å²) in [4.78, 5) is 45.2. The first-order valence-corrected chi connectivity index (χ1v) is 13.7. The zero-order valence-electron chi connectivity index (χ0n) is 24.4. The number of nitrogens with one attached hydrogen (secondary N) is 2. The number of hydrogen-bond acceptors (Lipinski definition) is 12. The molecule has 2 unspecified atom stereocenters. The molecule has 12 heteroatoms. The summed E-state index contributed by atoms with van der Waals surface area (Å²) in [6.45, 7) is 6.93. The van der Waals surface area contributed by atoms with E-state index in [1.54, 1.807) is 0 Å². The number of aliphatic hydroxyl groups is 2. The Labute approximate surface area is 245 Å². The minimum Gasteiger partial charge on any atom is -0.427 e. The molecule has 2 rings (SSSR count). The molecule has 0 aromatic heterocycles. The van der Waals surface area contributed by atoms with E-state index in [0.717, 1.165) is 25.7 Å². The maximum absolute atomic E-state index is 11.3. The number of carbonyl (C=O) groups excluding carboxylic acids is 4. The van der Waals surface area contributed by atoms with Gasteiger partial charge in [-0.25, -0.2) is 0 Å². The van der Waals surface area contributed by atoms with Gasteiger partial charge in [0.15, 0.2) is 0 Å². The van der Waals surface area contributed by atoms with Gasteiger partial charge in [-0.1, -0.05) is 12.8 Å². The smallest absolute Gasteiger partial charge is 0.308 e. The van der Waals surface area contributed by atoms with Crippen LogP contribution >= 0.6 is 0 Å². The van der Waals surface area contributed by atoms with Crippen LogP contribution in [0.15, 0.2) is 36.4 Å². The molecule has 2 atom stereocenters. The Morgan fingerprint density at radius 1 is 0.548 bits per heavy atom. The van der Waals surface area contributed by atoms with Gasteiger partial charge in [0.25, 0.3) is 0 Å². The lowest BCUT2D eigenvalue weighted by Crippen LogP contribution is -2.23. The van der Waals surface area contributed by atoms with Gasteiger partial charge in [0.2, 0.25) is 0 Å². The van der Waals surface area contributed by atoms with Crippen LogP contribution in [-0.2, 0) is 19.2 Å². The lowest BCUT2D eigenvalue weighted by molar-refractivity contribution is -0.133. The number of hydrogen-bond donors (Lipinski definition) is 4. The average molecular weight is 589 g/mol. The Balaban J connectivity index is 1.68. The fraction of sp³-hybridized carbons (Fsp3) is 0.467. The maximum atomic E-state index is 11.3. The molecular formula is C30H40N2O10. The Morgan fingerprint density at radius 3 is 1.10 bits per heavy atom. The van der Waals surface area contributed by atoms with E-state index in [1.165, 1.54) is 64.1 Å². The number of carbonyl (C=O) groups is 4. The molecule has 0 spiro atoms. The molecule has 0 saturated heterocycles. The van der Waals surface area contributed by atoms with Gasteiger partial charge in [0, 0.05) is 52.9 Å². The third-order valence-electron chi connectivity index (χ3n) is 5.75. The van der Waals surface area contributed by atoms with Crippen LogP contribution in [0, 0.1) is 0 Å². The Kier molecular flexibility index (Phi) is 14.6. The van der Waals surface area contributed by atoms with Crippen molar-refractivity contribution in [2.75, 3.05) is 26.2 Å². The molecular weight excluding hydrogens is 548 g/mol. The predicted octanol–water partition coefficient (Wildman–Crippen LogP) is 2.89. The molecule has 0 radical (unpaired) electrons. The second-order valence-electron chi connectivity index (χ2n) is 9.70. The number of unbranched alkanes of at least 4 members (excludes halogenated alkanes) is 3. The van der Waals surface area contributed by atoms with Gasteiger partial charge < -0.3 is 39.8 Å². The highest BCUT2D eigenvalue weighted by atomic mass is 16.6. The molecule has 0 heterocycles. The van der Waals surface area contributed by atoms with Crippen LogP contribution in [-0.4, -0.2) is 60.3 Å². The molecule has 0 amide bonds. The fourth-order valence-electron chi connectivity index (χ4n) is 4.04. The molecule has 230 valence electrons. The van der Waals surface area contributed by atoms with Gasteiger partial charge in [-0.15, -0.1) is 0 Å². The van der Waals surface area contributed by atoms with Crippen molar-refractivity contribution in [3.63, 3.8) is 0 Å². The van der Waals surface area contributed by atoms with Gasteiger partial charge >= 0.3 is 23.9 Å². The highest BCUT2D eigenvalue weighted by molar-refractivity contribution is 5.72. The van der Waals surface area contributed by atoms with Crippen LogP contribution < -0.4 is 29.6 Å². The van der Waals surface area contributed by atoms with Crippen molar-refractivity contribution in [3.05, 3.63) is 47.5 Å². The SMILES string of the molecule is CC(=O)Oc1cc(OC(C)=O)cc(C(O)CNCCCCCCNCC(O)c2cc(OC(C)=O)cc(OC(C)=O)c2)c1. The minimum atomic E-state index is -0.898. The van der Waals surface area contributed by atoms with Crippen molar-refractivity contribution in [1.29, 1.82) is 0 Å². The summed E-state index contributed by atoms with van der Waals surface area (Å²) in [6.07, 6.45) is 1.91. The average Bonchev–Trinajstić information content (AvgIpc) is 2.87. The topological polar surface area (TPSA) is 170 Å². The van der Waals surface area contributed by atoms with Crippen LogP contribution in [0.2, 0.25) is 0 Å². The molecule has 0 aliphatic heterocycles. The van der Waals surface area contributed by atoms with Crippen molar-refractivity contribution in [2.45, 2.75) is 65.6 Å². The maximum Gasteiger partial charge on any atom is 0.308 e. The number of esters is 4. The normalized spacial score (nSPS) is 12.2. The Bertz CT molecular complexity index is 1050. The number of aliphatic hydroxyl groups excluding tert-OH is 2. The highest BCUT2D eigenvalue weighted by Gasteiger charge is 2.15. The summed E-state index contributed by atoms with van der Waals surface area (Å²) < 4.78 is 20.3. The first kappa shape index (κ1) is 34.4. The molecule has 0 aliphatic carbocycles. The van der Waals surface area contributed by atoms with E-state index in [4.69, 9.17) is 18.9 Å². The first-order valence-electron chi connectivity index (χ1n) is 13.7. The summed E-state index contributed by atoms with van der Waals surface area (Å²) in [5, 5.41) is 27.5. The molecule has 0 aliphatic rings. The van der Waals surface area contributed by atoms with Crippen LogP contribution in [0.25, 0.3) is 0 Å². The third-order valence-corrected chi connectivity index (χ3v) is 5.75. The van der Waals surface area contributed by atoms with Gasteiger partial charge in [-0.05, 0) is 61.3 Å². The van der Waals surface area contributed by atoms with Gasteiger partial charge in [-0.2, -0.15) is 0 Å². The molecule has 42 heavy (non-hydrogen) atoms. The van der Waals surface area contributed by atoms with Gasteiger partial charge in [-0.3, -0.25) is 19.2 Å². The van der Waals surface area contributed by atoms with E-state index in [0.29, 0.717) is 24.2 Å². The van der Waals surface area contributed by atoms with Gasteiger partial charge in [0.05, 0.1) is 12.2 Å². The highest BCUT2D eigenvalue weighted by Crippen LogP contribution is 2.28. The van der Waals surface area contributed by atoms with Crippen molar-refractivity contribution < 1.29 is 48.3 Å². The molecule has 0 fully saturated rings. The number of ether oxygens (including phenoxy) is 4. The van der Waals surface area contributed by atoms with E-state index in [2.05, 4.69) is 10.6 Å². The summed E-state index contributed by atoms with van der Waals surface area (Å²) in [5.41, 5.74) is 0.901. The van der Waals surface area contributed by atoms with E-state index >= 15 is 0 Å². The van der Waals surface area contributed by atoms with Crippen molar-refractivity contribution in [2.24, 2.45) is 0 Å². The van der Waals surface area contributed by atoms with E-state index in [-0.39, 0.29) is 36.1 Å². The van der Waals surface area contributed by atoms with Crippen LogP contribution in [0.5, 0.6) is 23.0 Å². The summed E-state index contributed by atoms with van der Waals surface area (Å²) in [7, 11) is 0. The second-order valence-corrected chi connectivity index (χ2v) is 9.70. The largest absolute Gasteiger partial charge is 0.427 e. The van der Waals surface area contributed by atoms with Crippen molar-refractivity contribution in [1.82, 2.24) is 10.6 Å². The lowest BCUT2D eigenvalue weighted by atomic mass is 10.1. The summed E-state index contributed by atoms with van der Waals surface area (Å²) in [5.74, 6) is -1.39. The Morgan fingerprint density at radius 2 is 0.833 bits per heavy atom. The predicted molar refractivity (Wildman–Crippen MR) is 152 cm³/mol. The molecule has 2 aromatic carbocycles. The van der Waals surface area contributed by atoms with Gasteiger partial charge in [0.1, 0.15) is 23.0 Å². The van der Waals surface area contributed by atoms with E-state index in [9.17, 15) is 29.4 Å². The number of rotatable bonds is 17. The third kappa shape index (κ3) is 13.7. The standard InChI is InChI=1S/C30H40N2O10/c1-19(33)39-25-11-23(12-26(15-25)40-20(2)34)29(37)17-31-9-7-5-6-8-10-32-18-30(38)24-13-27(41-21(3)35)16-28(14-24)42-22(4)36/h11-16,29-32,37-38H,5-10,17-18H2,1-4H3. The summed E-state index contributed by atoms with van der Waals surface area (Å²) in [6, 6.07) is 8.93. The fourth-order valence-corrected chi connectivity index (χ4v) is 4.04. The zero-order valence-corrected chi connectivity index (χ0v) is 24.4. The van der Waals surface area contributed by atoms with Crippen LogP contribution in [0.1, 0.15) is 76.7 Å². The second kappa shape index (κ2) is 17.9. The first-order chi connectivity index (χ1) is 19.9. The van der Waals surface area contributed by atoms with Crippen LogP contribution in [0.4, 0.5) is 0 Å². The number of benzene rings is 2. The molecule has 2 aromatic rings. The molecule has 12 nitrogen and oxygen atoms in total.